The van der Waals surface area contributed by atoms with Gasteiger partial charge in [-0.3, -0.25) is 0 Å². The molecule has 6 nitrogen and oxygen atoms in total. The molecule has 8 heteroatoms. The van der Waals surface area contributed by atoms with Crippen molar-refractivity contribution in [3.63, 3.8) is 0 Å². The molecule has 2 aliphatic rings. The lowest BCUT2D eigenvalue weighted by molar-refractivity contribution is -0.222. The number of carbonyl (C=O) groups excluding carboxylic acids is 2. The van der Waals surface area contributed by atoms with E-state index < -0.39 is 34.2 Å². The molecule has 200 valence electrons. The van der Waals surface area contributed by atoms with Crippen molar-refractivity contribution in [2.75, 3.05) is 0 Å². The summed E-state index contributed by atoms with van der Waals surface area (Å²) in [5, 5.41) is 0. The quantitative estimate of drug-likeness (QED) is 0.148. The van der Waals surface area contributed by atoms with E-state index in [2.05, 4.69) is 0 Å². The van der Waals surface area contributed by atoms with E-state index >= 15 is 0 Å². The van der Waals surface area contributed by atoms with Gasteiger partial charge in [0.2, 0.25) is 9.84 Å². The Morgan fingerprint density at radius 1 is 0.650 bits per heavy atom. The highest BCUT2D eigenvalue weighted by molar-refractivity contribution is 7.91. The Kier molecular flexibility index (Phi) is 5.96. The van der Waals surface area contributed by atoms with Crippen molar-refractivity contribution in [2.24, 2.45) is 0 Å². The topological polar surface area (TPSA) is 86.7 Å². The van der Waals surface area contributed by atoms with Crippen LogP contribution in [0.25, 0.3) is 27.8 Å². The van der Waals surface area contributed by atoms with Crippen LogP contribution < -0.4 is 0 Å². The zero-order valence-electron chi connectivity index (χ0n) is 21.6. The Morgan fingerprint density at radius 2 is 1.12 bits per heavy atom. The van der Waals surface area contributed by atoms with Crippen LogP contribution in [-0.2, 0) is 35.6 Å². The third kappa shape index (κ3) is 4.21. The van der Waals surface area contributed by atoms with Crippen LogP contribution in [0.4, 0.5) is 4.39 Å². The minimum Gasteiger partial charge on any atom is -0.419 e. The van der Waals surface area contributed by atoms with E-state index in [4.69, 9.17) is 9.47 Å². The number of fused-ring (bicyclic) bond motifs is 2. The Hall–Kier alpha value is -4.56. The molecule has 0 unspecified atom stereocenters. The standard InChI is InChI=1S/C32H23FO6S/c1-32(2)38-30(34)29(31(35)39-32)28-24-14-12-22(20-6-4-3-5-7-20)16-26(24)40(36,37)27-17-23(13-15-25(27)28)21-10-8-19(18-33)9-11-21/h3-17H,18H2,1-2H3. The van der Waals surface area contributed by atoms with Crippen LogP contribution in [0.15, 0.2) is 106 Å². The van der Waals surface area contributed by atoms with Crippen molar-refractivity contribution in [1.29, 1.82) is 0 Å². The predicted molar refractivity (Wildman–Crippen MR) is 146 cm³/mol. The van der Waals surface area contributed by atoms with Crippen LogP contribution in [0.1, 0.15) is 30.5 Å². The van der Waals surface area contributed by atoms with E-state index in [0.29, 0.717) is 22.3 Å². The molecule has 0 aromatic heterocycles. The fraction of sp³-hybridized carbons (Fsp3) is 0.125. The molecule has 0 aliphatic carbocycles. The number of hydrogen-bond acceptors (Lipinski definition) is 6. The lowest BCUT2D eigenvalue weighted by atomic mass is 9.89. The molecule has 0 amide bonds. The van der Waals surface area contributed by atoms with Crippen LogP contribution in [0.2, 0.25) is 0 Å². The van der Waals surface area contributed by atoms with Gasteiger partial charge < -0.3 is 9.47 Å². The zero-order valence-corrected chi connectivity index (χ0v) is 22.4. The lowest BCUT2D eigenvalue weighted by Gasteiger charge is -2.32. The van der Waals surface area contributed by atoms with Gasteiger partial charge in [0, 0.05) is 30.5 Å². The SMILES string of the molecule is CC1(C)OC(=O)C(=C2c3ccc(-c4ccccc4)cc3S(=O)(=O)c3cc(-c4ccc(CF)cc4)ccc32)C(=O)O1. The van der Waals surface area contributed by atoms with E-state index in [1.165, 1.54) is 19.9 Å². The first-order valence-electron chi connectivity index (χ1n) is 12.5. The highest BCUT2D eigenvalue weighted by Crippen LogP contribution is 2.46. The van der Waals surface area contributed by atoms with Crippen molar-refractivity contribution in [2.45, 2.75) is 36.1 Å². The minimum absolute atomic E-state index is 0.0424. The molecule has 0 N–H and O–H groups in total. The van der Waals surface area contributed by atoms with Crippen molar-refractivity contribution in [3.05, 3.63) is 113 Å². The molecule has 0 bridgehead atoms. The maximum atomic E-state index is 14.2. The first-order valence-corrected chi connectivity index (χ1v) is 14.0. The van der Waals surface area contributed by atoms with Crippen LogP contribution >= 0.6 is 0 Å². The molecule has 0 spiro atoms. The van der Waals surface area contributed by atoms with Gasteiger partial charge in [-0.05, 0) is 39.9 Å². The van der Waals surface area contributed by atoms with Gasteiger partial charge in [-0.25, -0.2) is 22.4 Å². The maximum Gasteiger partial charge on any atom is 0.349 e. The van der Waals surface area contributed by atoms with E-state index in [9.17, 15) is 22.4 Å². The lowest BCUT2D eigenvalue weighted by Crippen LogP contribution is -2.42. The molecule has 1 saturated heterocycles. The molecule has 2 aliphatic heterocycles. The van der Waals surface area contributed by atoms with Gasteiger partial charge in [-0.1, -0.05) is 78.9 Å². The fourth-order valence-corrected chi connectivity index (χ4v) is 6.79. The summed E-state index contributed by atoms with van der Waals surface area (Å²) < 4.78 is 52.1. The van der Waals surface area contributed by atoms with Gasteiger partial charge in [0.25, 0.3) is 5.79 Å². The molecule has 1 fully saturated rings. The summed E-state index contributed by atoms with van der Waals surface area (Å²) in [5.74, 6) is -3.26. The second-order valence-corrected chi connectivity index (χ2v) is 11.9. The summed E-state index contributed by atoms with van der Waals surface area (Å²) >= 11 is 0. The van der Waals surface area contributed by atoms with Crippen LogP contribution in [0.5, 0.6) is 0 Å². The Balaban J connectivity index is 1.63. The molecule has 4 aromatic carbocycles. The van der Waals surface area contributed by atoms with Gasteiger partial charge in [-0.15, -0.1) is 0 Å². The zero-order chi connectivity index (χ0) is 28.2. The van der Waals surface area contributed by atoms with E-state index in [-0.39, 0.29) is 32.1 Å². The van der Waals surface area contributed by atoms with Gasteiger partial charge in [0.05, 0.1) is 9.79 Å². The number of benzene rings is 4. The molecule has 0 radical (unpaired) electrons. The molecule has 0 saturated carbocycles. The normalized spacial score (nSPS) is 17.0. The number of alkyl halides is 1. The summed E-state index contributed by atoms with van der Waals surface area (Å²) in [6.45, 7) is 2.29. The van der Waals surface area contributed by atoms with E-state index in [0.717, 1.165) is 5.56 Å². The Morgan fingerprint density at radius 3 is 1.62 bits per heavy atom. The highest BCUT2D eigenvalue weighted by atomic mass is 32.2. The van der Waals surface area contributed by atoms with Crippen LogP contribution in [-0.4, -0.2) is 26.1 Å². The van der Waals surface area contributed by atoms with E-state index in [1.807, 2.05) is 30.3 Å². The molecular formula is C32H23FO6S. The first-order chi connectivity index (χ1) is 19.1. The number of hydrogen-bond donors (Lipinski definition) is 0. The smallest absolute Gasteiger partial charge is 0.349 e. The van der Waals surface area contributed by atoms with Gasteiger partial charge >= 0.3 is 11.9 Å². The van der Waals surface area contributed by atoms with Gasteiger partial charge in [0.15, 0.2) is 5.57 Å². The Bertz CT molecular complexity index is 1820. The third-order valence-corrected chi connectivity index (χ3v) is 8.80. The van der Waals surface area contributed by atoms with Gasteiger partial charge in [0.1, 0.15) is 6.67 Å². The molecule has 4 aromatic rings. The molecule has 0 atom stereocenters. The second-order valence-electron chi connectivity index (χ2n) is 10.1. The monoisotopic (exact) mass is 554 g/mol. The molecule has 6 rings (SSSR count). The van der Waals surface area contributed by atoms with Crippen molar-refractivity contribution in [3.8, 4) is 22.3 Å². The number of carbonyl (C=O) groups is 2. The summed E-state index contributed by atoms with van der Waals surface area (Å²) in [6.07, 6.45) is 0. The molecule has 40 heavy (non-hydrogen) atoms. The van der Waals surface area contributed by atoms with E-state index in [1.54, 1.807) is 54.6 Å². The van der Waals surface area contributed by atoms with Crippen molar-refractivity contribution in [1.82, 2.24) is 0 Å². The van der Waals surface area contributed by atoms with Crippen LogP contribution in [0, 0.1) is 0 Å². The fourth-order valence-electron chi connectivity index (χ4n) is 5.07. The number of halogens is 1. The van der Waals surface area contributed by atoms with Crippen molar-refractivity contribution < 1.29 is 31.9 Å². The van der Waals surface area contributed by atoms with Crippen LogP contribution in [0.3, 0.4) is 0 Å². The number of sulfone groups is 1. The minimum atomic E-state index is -4.10. The van der Waals surface area contributed by atoms with Gasteiger partial charge in [-0.2, -0.15) is 0 Å². The van der Waals surface area contributed by atoms with Crippen molar-refractivity contribution >= 4 is 27.3 Å². The predicted octanol–water partition coefficient (Wildman–Crippen LogP) is 6.27. The molecule has 2 heterocycles. The number of rotatable bonds is 3. The number of ether oxygens (including phenoxy) is 2. The summed E-state index contributed by atoms with van der Waals surface area (Å²) in [4.78, 5) is 26.2. The Labute approximate surface area is 230 Å². The largest absolute Gasteiger partial charge is 0.419 e. The summed E-state index contributed by atoms with van der Waals surface area (Å²) in [7, 11) is -4.10. The highest BCUT2D eigenvalue weighted by Gasteiger charge is 2.44. The third-order valence-electron chi connectivity index (χ3n) is 6.96. The summed E-state index contributed by atoms with van der Waals surface area (Å²) in [6, 6.07) is 25.7. The second kappa shape index (κ2) is 9.27. The average molecular weight is 555 g/mol. The number of cyclic esters (lactones) is 2. The maximum absolute atomic E-state index is 14.2. The average Bonchev–Trinajstić information content (AvgIpc) is 2.94. The molecular weight excluding hydrogens is 531 g/mol. The first kappa shape index (κ1) is 25.7. The number of esters is 2. The summed E-state index contributed by atoms with van der Waals surface area (Å²) in [5.41, 5.74) is 3.38.